The van der Waals surface area contributed by atoms with E-state index in [2.05, 4.69) is 5.32 Å². The van der Waals surface area contributed by atoms with Gasteiger partial charge in [0.15, 0.2) is 0 Å². The molecule has 0 radical (unpaired) electrons. The van der Waals surface area contributed by atoms with Crippen molar-refractivity contribution in [1.29, 1.82) is 0 Å². The first kappa shape index (κ1) is 13.1. The van der Waals surface area contributed by atoms with Gasteiger partial charge in [0.2, 0.25) is 5.91 Å². The molecule has 2 aliphatic heterocycles. The summed E-state index contributed by atoms with van der Waals surface area (Å²) >= 11 is 0. The third kappa shape index (κ3) is 2.29. The van der Waals surface area contributed by atoms with E-state index in [1.54, 1.807) is 11.9 Å². The summed E-state index contributed by atoms with van der Waals surface area (Å²) in [6, 6.07) is 5.67. The number of rotatable bonds is 1. The van der Waals surface area contributed by atoms with Crippen molar-refractivity contribution < 1.29 is 9.59 Å². The van der Waals surface area contributed by atoms with E-state index >= 15 is 0 Å². The Balaban J connectivity index is 1.85. The lowest BCUT2D eigenvalue weighted by atomic mass is 9.98. The second-order valence-electron chi connectivity index (χ2n) is 5.34. The Morgan fingerprint density at radius 2 is 1.95 bits per heavy atom. The molecule has 5 heteroatoms. The fourth-order valence-corrected chi connectivity index (χ4v) is 2.84. The molecule has 1 fully saturated rings. The Bertz CT molecular complexity index is 550. The molecule has 2 aliphatic rings. The number of benzene rings is 1. The fourth-order valence-electron chi connectivity index (χ4n) is 2.84. The van der Waals surface area contributed by atoms with Crippen LogP contribution in [0.5, 0.6) is 0 Å². The van der Waals surface area contributed by atoms with Gasteiger partial charge in [-0.2, -0.15) is 0 Å². The Labute approximate surface area is 118 Å². The van der Waals surface area contributed by atoms with Crippen molar-refractivity contribution in [3.8, 4) is 0 Å². The van der Waals surface area contributed by atoms with Crippen LogP contribution in [-0.2, 0) is 11.2 Å². The topological polar surface area (TPSA) is 52.7 Å². The third-order valence-corrected chi connectivity index (χ3v) is 4.07. The van der Waals surface area contributed by atoms with Crippen molar-refractivity contribution in [3.05, 3.63) is 29.3 Å². The quantitative estimate of drug-likeness (QED) is 0.817. The minimum atomic E-state index is 0.0915. The molecule has 0 aromatic heterocycles. The predicted molar refractivity (Wildman–Crippen MR) is 76.9 cm³/mol. The molecule has 0 saturated carbocycles. The zero-order valence-corrected chi connectivity index (χ0v) is 11.7. The SMILES string of the molecule is CN1C(=O)CCc2cc(C(=O)N3CCNCC3)ccc21. The summed E-state index contributed by atoms with van der Waals surface area (Å²) in [6.45, 7) is 3.23. The van der Waals surface area contributed by atoms with Gasteiger partial charge in [-0.3, -0.25) is 9.59 Å². The lowest BCUT2D eigenvalue weighted by Gasteiger charge is -2.29. The van der Waals surface area contributed by atoms with Crippen molar-refractivity contribution in [2.75, 3.05) is 38.1 Å². The van der Waals surface area contributed by atoms with E-state index in [1.807, 2.05) is 23.1 Å². The van der Waals surface area contributed by atoms with Crippen molar-refractivity contribution >= 4 is 17.5 Å². The number of anilines is 1. The van der Waals surface area contributed by atoms with Crippen LogP contribution in [0.2, 0.25) is 0 Å². The Hall–Kier alpha value is -1.88. The third-order valence-electron chi connectivity index (χ3n) is 4.07. The molecule has 1 saturated heterocycles. The van der Waals surface area contributed by atoms with Crippen LogP contribution in [-0.4, -0.2) is 49.9 Å². The average molecular weight is 273 g/mol. The highest BCUT2D eigenvalue weighted by Crippen LogP contribution is 2.27. The van der Waals surface area contributed by atoms with Gasteiger partial charge in [-0.25, -0.2) is 0 Å². The predicted octanol–water partition coefficient (Wildman–Crippen LogP) is 0.641. The van der Waals surface area contributed by atoms with Gasteiger partial charge in [0.05, 0.1) is 0 Å². The summed E-state index contributed by atoms with van der Waals surface area (Å²) in [5.74, 6) is 0.229. The molecule has 0 unspecified atom stereocenters. The van der Waals surface area contributed by atoms with E-state index in [1.165, 1.54) is 0 Å². The number of carbonyl (C=O) groups excluding carboxylic acids is 2. The number of nitrogens with one attached hydrogen (secondary N) is 1. The summed E-state index contributed by atoms with van der Waals surface area (Å²) in [6.07, 6.45) is 1.25. The maximum Gasteiger partial charge on any atom is 0.253 e. The molecule has 0 aliphatic carbocycles. The van der Waals surface area contributed by atoms with Crippen LogP contribution in [0.3, 0.4) is 0 Å². The summed E-state index contributed by atoms with van der Waals surface area (Å²) in [5, 5.41) is 3.24. The van der Waals surface area contributed by atoms with E-state index < -0.39 is 0 Å². The second-order valence-corrected chi connectivity index (χ2v) is 5.34. The van der Waals surface area contributed by atoms with Crippen molar-refractivity contribution in [2.45, 2.75) is 12.8 Å². The lowest BCUT2D eigenvalue weighted by Crippen LogP contribution is -2.46. The maximum atomic E-state index is 12.4. The number of hydrogen-bond acceptors (Lipinski definition) is 3. The van der Waals surface area contributed by atoms with Crippen LogP contribution in [0.15, 0.2) is 18.2 Å². The van der Waals surface area contributed by atoms with Crippen LogP contribution in [0.4, 0.5) is 5.69 Å². The van der Waals surface area contributed by atoms with Gasteiger partial charge in [-0.05, 0) is 30.2 Å². The number of carbonyl (C=O) groups is 2. The molecule has 0 atom stereocenters. The molecule has 2 amide bonds. The lowest BCUT2D eigenvalue weighted by molar-refractivity contribution is -0.118. The van der Waals surface area contributed by atoms with Crippen LogP contribution >= 0.6 is 0 Å². The first-order valence-corrected chi connectivity index (χ1v) is 7.06. The number of hydrogen-bond donors (Lipinski definition) is 1. The number of amides is 2. The Morgan fingerprint density at radius 3 is 2.70 bits per heavy atom. The first-order valence-electron chi connectivity index (χ1n) is 7.06. The molecule has 0 bridgehead atoms. The Morgan fingerprint density at radius 1 is 1.20 bits per heavy atom. The minimum Gasteiger partial charge on any atom is -0.336 e. The maximum absolute atomic E-state index is 12.4. The van der Waals surface area contributed by atoms with E-state index in [4.69, 9.17) is 0 Å². The van der Waals surface area contributed by atoms with Crippen LogP contribution in [0, 0.1) is 0 Å². The molecule has 20 heavy (non-hydrogen) atoms. The monoisotopic (exact) mass is 273 g/mol. The smallest absolute Gasteiger partial charge is 0.253 e. The van der Waals surface area contributed by atoms with Gasteiger partial charge in [0.25, 0.3) is 5.91 Å². The molecule has 5 nitrogen and oxygen atoms in total. The van der Waals surface area contributed by atoms with Crippen LogP contribution in [0.1, 0.15) is 22.3 Å². The highest BCUT2D eigenvalue weighted by molar-refractivity contribution is 5.99. The van der Waals surface area contributed by atoms with Gasteiger partial charge in [-0.15, -0.1) is 0 Å². The van der Waals surface area contributed by atoms with E-state index in [9.17, 15) is 9.59 Å². The van der Waals surface area contributed by atoms with Crippen LogP contribution in [0.25, 0.3) is 0 Å². The summed E-state index contributed by atoms with van der Waals surface area (Å²) in [7, 11) is 1.79. The molecule has 1 N–H and O–H groups in total. The number of aryl methyl sites for hydroxylation is 1. The summed E-state index contributed by atoms with van der Waals surface area (Å²) < 4.78 is 0. The molecule has 1 aromatic rings. The molecular formula is C15H19N3O2. The van der Waals surface area contributed by atoms with Crippen molar-refractivity contribution in [3.63, 3.8) is 0 Å². The van der Waals surface area contributed by atoms with Gasteiger partial charge >= 0.3 is 0 Å². The van der Waals surface area contributed by atoms with Gasteiger partial charge in [0.1, 0.15) is 0 Å². The molecular weight excluding hydrogens is 254 g/mol. The standard InChI is InChI=1S/C15H19N3O2/c1-17-13-4-2-12(10-11(13)3-5-14(17)19)15(20)18-8-6-16-7-9-18/h2,4,10,16H,3,5-9H2,1H3. The molecule has 106 valence electrons. The van der Waals surface area contributed by atoms with Gasteiger partial charge in [-0.1, -0.05) is 0 Å². The normalized spacial score (nSPS) is 18.9. The van der Waals surface area contributed by atoms with Gasteiger partial charge in [0, 0.05) is 50.9 Å². The molecule has 0 spiro atoms. The van der Waals surface area contributed by atoms with Gasteiger partial charge < -0.3 is 15.1 Å². The van der Waals surface area contributed by atoms with E-state index in [0.29, 0.717) is 6.42 Å². The average Bonchev–Trinajstić information content (AvgIpc) is 2.51. The first-order chi connectivity index (χ1) is 9.66. The minimum absolute atomic E-state index is 0.0915. The second kappa shape index (κ2) is 5.25. The molecule has 1 aromatic carbocycles. The number of piperazine rings is 1. The van der Waals surface area contributed by atoms with Crippen LogP contribution < -0.4 is 10.2 Å². The summed E-state index contributed by atoms with van der Waals surface area (Å²) in [5.41, 5.74) is 2.75. The fraction of sp³-hybridized carbons (Fsp3) is 0.467. The van der Waals surface area contributed by atoms with E-state index in [0.717, 1.165) is 49.4 Å². The number of fused-ring (bicyclic) bond motifs is 1. The Kier molecular flexibility index (Phi) is 3.44. The highest BCUT2D eigenvalue weighted by atomic mass is 16.2. The largest absolute Gasteiger partial charge is 0.336 e. The molecule has 3 rings (SSSR count). The van der Waals surface area contributed by atoms with Crippen molar-refractivity contribution in [2.24, 2.45) is 0 Å². The molecule has 2 heterocycles. The highest BCUT2D eigenvalue weighted by Gasteiger charge is 2.23. The number of nitrogens with zero attached hydrogens (tertiary/aromatic N) is 2. The zero-order valence-electron chi connectivity index (χ0n) is 11.7. The zero-order chi connectivity index (χ0) is 14.1. The van der Waals surface area contributed by atoms with E-state index in [-0.39, 0.29) is 11.8 Å². The summed E-state index contributed by atoms with van der Waals surface area (Å²) in [4.78, 5) is 27.7. The van der Waals surface area contributed by atoms with Crippen molar-refractivity contribution in [1.82, 2.24) is 10.2 Å².